The fourth-order valence-electron chi connectivity index (χ4n) is 2.95. The Balaban J connectivity index is 1.89. The molecule has 1 aliphatic rings. The van der Waals surface area contributed by atoms with E-state index in [4.69, 9.17) is 0 Å². The van der Waals surface area contributed by atoms with Crippen molar-refractivity contribution in [2.75, 3.05) is 6.61 Å². The van der Waals surface area contributed by atoms with Gasteiger partial charge in [0.2, 0.25) is 0 Å². The summed E-state index contributed by atoms with van der Waals surface area (Å²) in [5, 5.41) is 12.7. The van der Waals surface area contributed by atoms with Gasteiger partial charge in [-0.05, 0) is 30.9 Å². The number of aliphatic hydroxyl groups excluding tert-OH is 1. The number of fused-ring (bicyclic) bond motifs is 1. The Labute approximate surface area is 127 Å². The molecule has 5 heteroatoms. The quantitative estimate of drug-likeness (QED) is 0.915. The Hall–Kier alpha value is -1.72. The summed E-state index contributed by atoms with van der Waals surface area (Å²) >= 11 is 1.35. The highest BCUT2D eigenvalue weighted by Crippen LogP contribution is 2.34. The highest BCUT2D eigenvalue weighted by molar-refractivity contribution is 7.11. The normalized spacial score (nSPS) is 20.9. The topological polar surface area (TPSA) is 62.2 Å². The van der Waals surface area contributed by atoms with E-state index in [1.54, 1.807) is 5.51 Å². The van der Waals surface area contributed by atoms with Crippen molar-refractivity contribution < 1.29 is 9.90 Å². The Morgan fingerprint density at radius 3 is 3.00 bits per heavy atom. The van der Waals surface area contributed by atoms with Gasteiger partial charge < -0.3 is 10.4 Å². The number of aromatic nitrogens is 1. The molecule has 21 heavy (non-hydrogen) atoms. The molecule has 2 N–H and O–H groups in total. The van der Waals surface area contributed by atoms with Crippen LogP contribution < -0.4 is 5.32 Å². The molecule has 1 amide bonds. The number of benzene rings is 1. The number of hydrogen-bond donors (Lipinski definition) is 2. The van der Waals surface area contributed by atoms with Crippen LogP contribution >= 0.6 is 11.3 Å². The molecule has 2 atom stereocenters. The summed E-state index contributed by atoms with van der Waals surface area (Å²) in [6, 6.07) is 8.01. The van der Waals surface area contributed by atoms with Crippen molar-refractivity contribution in [2.24, 2.45) is 5.92 Å². The number of nitrogens with zero attached hydrogens (tertiary/aromatic N) is 1. The van der Waals surface area contributed by atoms with Gasteiger partial charge in [-0.25, -0.2) is 4.98 Å². The van der Waals surface area contributed by atoms with E-state index in [0.717, 1.165) is 24.1 Å². The van der Waals surface area contributed by atoms with Crippen LogP contribution in [0.2, 0.25) is 0 Å². The van der Waals surface area contributed by atoms with Gasteiger partial charge in [0.25, 0.3) is 5.91 Å². The summed E-state index contributed by atoms with van der Waals surface area (Å²) in [7, 11) is 0. The predicted octanol–water partition coefficient (Wildman–Crippen LogP) is 2.48. The zero-order valence-electron chi connectivity index (χ0n) is 11.9. The molecule has 0 spiro atoms. The van der Waals surface area contributed by atoms with E-state index >= 15 is 0 Å². The number of aryl methyl sites for hydroxylation is 2. The Morgan fingerprint density at radius 1 is 1.48 bits per heavy atom. The minimum atomic E-state index is -0.131. The maximum Gasteiger partial charge on any atom is 0.263 e. The molecule has 2 aromatic rings. The number of nitrogens with one attached hydrogen (secondary N) is 1. The lowest BCUT2D eigenvalue weighted by Crippen LogP contribution is -2.37. The largest absolute Gasteiger partial charge is 0.396 e. The van der Waals surface area contributed by atoms with Gasteiger partial charge in [-0.1, -0.05) is 24.3 Å². The monoisotopic (exact) mass is 302 g/mol. The van der Waals surface area contributed by atoms with E-state index in [9.17, 15) is 9.90 Å². The van der Waals surface area contributed by atoms with Crippen LogP contribution in [0.15, 0.2) is 29.8 Å². The molecule has 1 aromatic heterocycles. The third-order valence-electron chi connectivity index (χ3n) is 4.12. The number of hydrogen-bond acceptors (Lipinski definition) is 4. The lowest BCUT2D eigenvalue weighted by Gasteiger charge is -2.33. The van der Waals surface area contributed by atoms with Gasteiger partial charge in [0.15, 0.2) is 0 Å². The van der Waals surface area contributed by atoms with Gasteiger partial charge in [0.05, 0.1) is 17.2 Å². The molecule has 0 bridgehead atoms. The van der Waals surface area contributed by atoms with Crippen LogP contribution in [0, 0.1) is 12.8 Å². The van der Waals surface area contributed by atoms with E-state index in [1.165, 1.54) is 16.9 Å². The molecule has 0 fully saturated rings. The van der Waals surface area contributed by atoms with Crippen LogP contribution in [0.5, 0.6) is 0 Å². The van der Waals surface area contributed by atoms with Gasteiger partial charge in [-0.2, -0.15) is 0 Å². The molecule has 2 unspecified atom stereocenters. The average molecular weight is 302 g/mol. The van der Waals surface area contributed by atoms with Crippen LogP contribution in [0.4, 0.5) is 0 Å². The fourth-order valence-corrected chi connectivity index (χ4v) is 3.65. The number of carbonyl (C=O) groups excluding carboxylic acids is 1. The Bertz CT molecular complexity index is 653. The molecule has 0 saturated carbocycles. The molecular formula is C16H18N2O2S. The van der Waals surface area contributed by atoms with Crippen LogP contribution in [-0.4, -0.2) is 22.6 Å². The lowest BCUT2D eigenvalue weighted by molar-refractivity contribution is 0.0896. The molecule has 1 aliphatic carbocycles. The number of aliphatic hydroxyl groups is 1. The van der Waals surface area contributed by atoms with E-state index in [0.29, 0.717) is 4.88 Å². The highest BCUT2D eigenvalue weighted by atomic mass is 32.1. The first-order chi connectivity index (χ1) is 10.2. The summed E-state index contributed by atoms with van der Waals surface area (Å²) in [6.07, 6.45) is 1.84. The van der Waals surface area contributed by atoms with Crippen molar-refractivity contribution in [3.63, 3.8) is 0 Å². The Kier molecular flexibility index (Phi) is 4.03. The molecular weight excluding hydrogens is 284 g/mol. The summed E-state index contributed by atoms with van der Waals surface area (Å²) in [4.78, 5) is 17.2. The molecule has 3 rings (SSSR count). The molecule has 1 aromatic carbocycles. The molecule has 0 aliphatic heterocycles. The second kappa shape index (κ2) is 5.95. The summed E-state index contributed by atoms with van der Waals surface area (Å²) in [5.41, 5.74) is 4.82. The summed E-state index contributed by atoms with van der Waals surface area (Å²) < 4.78 is 0. The van der Waals surface area contributed by atoms with E-state index in [2.05, 4.69) is 16.4 Å². The van der Waals surface area contributed by atoms with Crippen molar-refractivity contribution in [1.82, 2.24) is 10.3 Å². The molecule has 0 radical (unpaired) electrons. The van der Waals surface area contributed by atoms with Crippen LogP contribution in [0.1, 0.15) is 39.0 Å². The average Bonchev–Trinajstić information content (AvgIpc) is 2.94. The number of thiazole rings is 1. The minimum absolute atomic E-state index is 0.0667. The standard InChI is InChI=1S/C16H18N2O2S/c1-10-15(21-9-17-10)16(20)18-14-12(8-19)7-6-11-4-2-3-5-13(11)14/h2-5,9,12,14,19H,6-8H2,1H3,(H,18,20). The minimum Gasteiger partial charge on any atom is -0.396 e. The zero-order valence-corrected chi connectivity index (χ0v) is 12.7. The predicted molar refractivity (Wildman–Crippen MR) is 82.4 cm³/mol. The highest BCUT2D eigenvalue weighted by Gasteiger charge is 2.30. The van der Waals surface area contributed by atoms with Gasteiger partial charge >= 0.3 is 0 Å². The van der Waals surface area contributed by atoms with Gasteiger partial charge in [-0.3, -0.25) is 4.79 Å². The second-order valence-electron chi connectivity index (χ2n) is 5.40. The van der Waals surface area contributed by atoms with Gasteiger partial charge in [0, 0.05) is 12.5 Å². The maximum atomic E-state index is 12.4. The van der Waals surface area contributed by atoms with Crippen molar-refractivity contribution in [3.05, 3.63) is 51.5 Å². The smallest absolute Gasteiger partial charge is 0.263 e. The number of amides is 1. The van der Waals surface area contributed by atoms with Crippen LogP contribution in [-0.2, 0) is 6.42 Å². The third kappa shape index (κ3) is 2.71. The van der Waals surface area contributed by atoms with Crippen LogP contribution in [0.25, 0.3) is 0 Å². The fraction of sp³-hybridized carbons (Fsp3) is 0.375. The molecule has 1 heterocycles. The lowest BCUT2D eigenvalue weighted by atomic mass is 9.80. The summed E-state index contributed by atoms with van der Waals surface area (Å²) in [6.45, 7) is 1.92. The van der Waals surface area contributed by atoms with Gasteiger partial charge in [-0.15, -0.1) is 11.3 Å². The first-order valence-corrected chi connectivity index (χ1v) is 7.98. The van der Waals surface area contributed by atoms with E-state index < -0.39 is 0 Å². The van der Waals surface area contributed by atoms with Crippen LogP contribution in [0.3, 0.4) is 0 Å². The zero-order chi connectivity index (χ0) is 14.8. The van der Waals surface area contributed by atoms with Crippen molar-refractivity contribution in [1.29, 1.82) is 0 Å². The first kappa shape index (κ1) is 14.2. The van der Waals surface area contributed by atoms with Crippen molar-refractivity contribution in [3.8, 4) is 0 Å². The van der Waals surface area contributed by atoms with E-state index in [-0.39, 0.29) is 24.5 Å². The third-order valence-corrected chi connectivity index (χ3v) is 5.05. The number of rotatable bonds is 3. The van der Waals surface area contributed by atoms with Gasteiger partial charge in [0.1, 0.15) is 4.88 Å². The van der Waals surface area contributed by atoms with Crippen molar-refractivity contribution >= 4 is 17.2 Å². The molecule has 4 nitrogen and oxygen atoms in total. The van der Waals surface area contributed by atoms with E-state index in [1.807, 2.05) is 25.1 Å². The van der Waals surface area contributed by atoms with Crippen molar-refractivity contribution in [2.45, 2.75) is 25.8 Å². The second-order valence-corrected chi connectivity index (χ2v) is 6.25. The number of carbonyl (C=O) groups is 1. The first-order valence-electron chi connectivity index (χ1n) is 7.10. The molecule has 110 valence electrons. The SMILES string of the molecule is Cc1ncsc1C(=O)NC1c2ccccc2CCC1CO. The summed E-state index contributed by atoms with van der Waals surface area (Å²) in [5.74, 6) is -0.0350. The Morgan fingerprint density at radius 2 is 2.29 bits per heavy atom. The molecule has 0 saturated heterocycles. The maximum absolute atomic E-state index is 12.4.